The molecule has 1 atom stereocenters. The monoisotopic (exact) mass is 460 g/mol. The van der Waals surface area contributed by atoms with Crippen LogP contribution in [0.5, 0.6) is 11.5 Å². The maximum absolute atomic E-state index is 13.5. The normalized spacial score (nSPS) is 16.8. The smallest absolute Gasteiger partial charge is 0.311 e. The van der Waals surface area contributed by atoms with E-state index in [0.29, 0.717) is 5.56 Å². The number of nitrogens with zero attached hydrogens (tertiary/aromatic N) is 2. The molecule has 32 heavy (non-hydrogen) atoms. The molecule has 0 bridgehead atoms. The molecule has 9 heteroatoms. The molecule has 3 rings (SSSR count). The van der Waals surface area contributed by atoms with Crippen LogP contribution in [0.25, 0.3) is 0 Å². The van der Waals surface area contributed by atoms with Gasteiger partial charge >= 0.3 is 5.97 Å². The Morgan fingerprint density at radius 3 is 2.28 bits per heavy atom. The van der Waals surface area contributed by atoms with Crippen LogP contribution in [0, 0.1) is 6.92 Å². The summed E-state index contributed by atoms with van der Waals surface area (Å²) >= 11 is 0. The average molecular weight is 461 g/mol. The highest BCUT2D eigenvalue weighted by Gasteiger charge is 2.43. The topological polar surface area (TPSA) is 93.2 Å². The lowest BCUT2D eigenvalue weighted by molar-refractivity contribution is -0.134. The zero-order valence-corrected chi connectivity index (χ0v) is 19.5. The van der Waals surface area contributed by atoms with Gasteiger partial charge in [0.25, 0.3) is 0 Å². The lowest BCUT2D eigenvalue weighted by Gasteiger charge is -2.30. The number of sulfonamides is 1. The molecule has 2 aromatic carbocycles. The van der Waals surface area contributed by atoms with Gasteiger partial charge in [-0.1, -0.05) is 37.6 Å². The van der Waals surface area contributed by atoms with E-state index in [0.717, 1.165) is 5.56 Å². The average Bonchev–Trinajstić information content (AvgIpc) is 3.25. The third-order valence-corrected chi connectivity index (χ3v) is 7.25. The van der Waals surface area contributed by atoms with Crippen LogP contribution in [0.15, 0.2) is 47.4 Å². The predicted octanol–water partition coefficient (Wildman–Crippen LogP) is 3.26. The van der Waals surface area contributed by atoms with E-state index in [1.165, 1.54) is 11.4 Å². The summed E-state index contributed by atoms with van der Waals surface area (Å²) in [6.45, 7) is 5.75. The molecule has 172 valence electrons. The third kappa shape index (κ3) is 4.63. The fourth-order valence-electron chi connectivity index (χ4n) is 3.64. The fourth-order valence-corrected chi connectivity index (χ4v) is 5.21. The molecule has 1 amide bonds. The van der Waals surface area contributed by atoms with Crippen LogP contribution in [0.2, 0.25) is 0 Å². The number of hydrogen-bond acceptors (Lipinski definition) is 6. The Kier molecular flexibility index (Phi) is 7.20. The lowest BCUT2D eigenvalue weighted by atomic mass is 10.1. The Hall–Kier alpha value is -2.91. The largest absolute Gasteiger partial charge is 0.493 e. The van der Waals surface area contributed by atoms with E-state index in [9.17, 15) is 18.0 Å². The van der Waals surface area contributed by atoms with Gasteiger partial charge in [-0.25, -0.2) is 8.42 Å². The summed E-state index contributed by atoms with van der Waals surface area (Å²) in [6, 6.07) is 11.5. The fraction of sp³-hybridized carbons (Fsp3) is 0.391. The first-order valence-electron chi connectivity index (χ1n) is 10.5. The number of carbonyl (C=O) groups is 2. The van der Waals surface area contributed by atoms with Gasteiger partial charge in [-0.3, -0.25) is 9.59 Å². The van der Waals surface area contributed by atoms with Gasteiger partial charge in [-0.15, -0.1) is 0 Å². The van der Waals surface area contributed by atoms with Crippen molar-refractivity contribution in [2.24, 2.45) is 0 Å². The lowest BCUT2D eigenvalue weighted by Crippen LogP contribution is -2.37. The predicted molar refractivity (Wildman–Crippen MR) is 119 cm³/mol. The van der Waals surface area contributed by atoms with Gasteiger partial charge in [0.05, 0.1) is 12.0 Å². The number of rotatable bonds is 7. The second kappa shape index (κ2) is 9.70. The Morgan fingerprint density at radius 2 is 1.69 bits per heavy atom. The summed E-state index contributed by atoms with van der Waals surface area (Å²) in [5.74, 6) is -0.0458. The molecule has 0 aliphatic carbocycles. The van der Waals surface area contributed by atoms with Crippen LogP contribution in [-0.4, -0.2) is 49.7 Å². The quantitative estimate of drug-likeness (QED) is 0.465. The summed E-state index contributed by atoms with van der Waals surface area (Å²) in [4.78, 5) is 26.1. The molecule has 1 aliphatic rings. The minimum atomic E-state index is -3.87. The van der Waals surface area contributed by atoms with Crippen molar-refractivity contribution in [3.63, 3.8) is 0 Å². The molecule has 1 aliphatic heterocycles. The molecule has 8 nitrogen and oxygen atoms in total. The number of amides is 1. The maximum atomic E-state index is 13.5. The number of methoxy groups -OCH3 is 1. The first-order valence-corrected chi connectivity index (χ1v) is 11.9. The number of carbonyl (C=O) groups excluding carboxylic acids is 2. The molecule has 0 spiro atoms. The third-order valence-electron chi connectivity index (χ3n) is 5.38. The zero-order valence-electron chi connectivity index (χ0n) is 18.7. The first kappa shape index (κ1) is 23.7. The maximum Gasteiger partial charge on any atom is 0.311 e. The Bertz CT molecular complexity index is 1100. The van der Waals surface area contributed by atoms with E-state index in [-0.39, 0.29) is 48.2 Å². The van der Waals surface area contributed by atoms with E-state index < -0.39 is 22.2 Å². The Morgan fingerprint density at radius 1 is 1.00 bits per heavy atom. The number of ether oxygens (including phenoxy) is 2. The van der Waals surface area contributed by atoms with Gasteiger partial charge in [0.15, 0.2) is 11.5 Å². The van der Waals surface area contributed by atoms with Crippen LogP contribution in [0.1, 0.15) is 44.0 Å². The van der Waals surface area contributed by atoms with Gasteiger partial charge in [0.1, 0.15) is 6.17 Å². The van der Waals surface area contributed by atoms with E-state index in [1.54, 1.807) is 61.2 Å². The molecule has 0 unspecified atom stereocenters. The number of benzene rings is 2. The first-order chi connectivity index (χ1) is 15.2. The molecule has 0 radical (unpaired) electrons. The molecule has 2 aromatic rings. The molecule has 0 N–H and O–H groups in total. The van der Waals surface area contributed by atoms with Gasteiger partial charge < -0.3 is 14.4 Å². The van der Waals surface area contributed by atoms with Crippen LogP contribution in [0.3, 0.4) is 0 Å². The Balaban J connectivity index is 2.06. The molecular formula is C23H28N2O6S. The summed E-state index contributed by atoms with van der Waals surface area (Å²) < 4.78 is 39.0. The molecule has 0 aromatic heterocycles. The van der Waals surface area contributed by atoms with Crippen LogP contribution in [0.4, 0.5) is 0 Å². The molecule has 1 heterocycles. The molecule has 1 saturated heterocycles. The highest BCUT2D eigenvalue weighted by Crippen LogP contribution is 2.39. The van der Waals surface area contributed by atoms with Gasteiger partial charge in [0, 0.05) is 25.9 Å². The van der Waals surface area contributed by atoms with Crippen LogP contribution < -0.4 is 9.47 Å². The minimum absolute atomic E-state index is 0.155. The minimum Gasteiger partial charge on any atom is -0.493 e. The van der Waals surface area contributed by atoms with Crippen molar-refractivity contribution in [1.82, 2.24) is 9.21 Å². The zero-order chi connectivity index (χ0) is 23.5. The highest BCUT2D eigenvalue weighted by molar-refractivity contribution is 7.89. The molecular weight excluding hydrogens is 432 g/mol. The molecule has 0 saturated carbocycles. The van der Waals surface area contributed by atoms with E-state index in [4.69, 9.17) is 9.47 Å². The van der Waals surface area contributed by atoms with Crippen LogP contribution in [-0.2, 0) is 19.6 Å². The van der Waals surface area contributed by atoms with E-state index >= 15 is 0 Å². The number of aryl methyl sites for hydroxylation is 1. The number of hydrogen-bond donors (Lipinski definition) is 0. The van der Waals surface area contributed by atoms with Gasteiger partial charge in [-0.2, -0.15) is 4.31 Å². The van der Waals surface area contributed by atoms with Crippen LogP contribution >= 0.6 is 0 Å². The van der Waals surface area contributed by atoms with E-state index in [1.807, 2.05) is 6.92 Å². The van der Waals surface area contributed by atoms with Crippen molar-refractivity contribution < 1.29 is 27.5 Å². The van der Waals surface area contributed by atoms with Gasteiger partial charge in [-0.05, 0) is 36.8 Å². The summed E-state index contributed by atoms with van der Waals surface area (Å²) in [6.07, 6.45) is -0.383. The summed E-state index contributed by atoms with van der Waals surface area (Å²) in [7, 11) is -2.43. The van der Waals surface area contributed by atoms with Crippen molar-refractivity contribution in [1.29, 1.82) is 0 Å². The van der Waals surface area contributed by atoms with Crippen molar-refractivity contribution in [3.05, 3.63) is 53.6 Å². The standard InChI is InChI=1S/C23H28N2O6S/c1-5-21(26)24-13-14-25(32(28,29)18-10-7-16(3)8-11-18)23(24)17-9-12-19(20(15-17)30-4)31-22(27)6-2/h7-12,15,23H,5-6,13-14H2,1-4H3/t23-/m0/s1. The second-order valence-electron chi connectivity index (χ2n) is 7.48. The van der Waals surface area contributed by atoms with Crippen molar-refractivity contribution >= 4 is 21.9 Å². The number of esters is 1. The van der Waals surface area contributed by atoms with E-state index in [2.05, 4.69) is 0 Å². The van der Waals surface area contributed by atoms with Crippen molar-refractivity contribution in [2.45, 2.75) is 44.7 Å². The SMILES string of the molecule is CCC(=O)Oc1ccc([C@H]2N(C(=O)CC)CCN2S(=O)(=O)c2ccc(C)cc2)cc1OC. The second-order valence-corrected chi connectivity index (χ2v) is 9.37. The summed E-state index contributed by atoms with van der Waals surface area (Å²) in [5, 5.41) is 0. The Labute approximate surface area is 188 Å². The van der Waals surface area contributed by atoms with Gasteiger partial charge in [0.2, 0.25) is 15.9 Å². The van der Waals surface area contributed by atoms with Crippen molar-refractivity contribution in [3.8, 4) is 11.5 Å². The van der Waals surface area contributed by atoms with Crippen molar-refractivity contribution in [2.75, 3.05) is 20.2 Å². The summed E-state index contributed by atoms with van der Waals surface area (Å²) in [5.41, 5.74) is 1.50. The molecule has 1 fully saturated rings. The highest BCUT2D eigenvalue weighted by atomic mass is 32.2.